The van der Waals surface area contributed by atoms with Gasteiger partial charge in [0.05, 0.1) is 0 Å². The Bertz CT molecular complexity index is 716. The molecule has 1 amide bonds. The Labute approximate surface area is 149 Å². The standard InChI is InChI=1S/C20H26FN3O/c1-23(2)14-16-10-6-5-9-15(16)13-22-20(25)19(24(3)4)17-11-7-8-12-18(17)21/h5-12,19H,13-14H2,1-4H3,(H,22,25). The molecule has 0 aliphatic heterocycles. The third-order valence-corrected chi connectivity index (χ3v) is 4.02. The predicted molar refractivity (Wildman–Crippen MR) is 98.5 cm³/mol. The van der Waals surface area contributed by atoms with Crippen LogP contribution in [0.1, 0.15) is 22.7 Å². The Morgan fingerprint density at radius 2 is 1.60 bits per heavy atom. The summed E-state index contributed by atoms with van der Waals surface area (Å²) in [5.74, 6) is -0.584. The number of carbonyl (C=O) groups excluding carboxylic acids is 1. The first-order chi connectivity index (χ1) is 11.9. The molecule has 0 heterocycles. The van der Waals surface area contributed by atoms with Crippen LogP contribution in [0.15, 0.2) is 48.5 Å². The number of likely N-dealkylation sites (N-methyl/N-ethyl adjacent to an activating group) is 1. The normalized spacial score (nSPS) is 12.4. The van der Waals surface area contributed by atoms with Crippen LogP contribution in [0.5, 0.6) is 0 Å². The molecule has 0 saturated heterocycles. The number of amides is 1. The monoisotopic (exact) mass is 343 g/mol. The molecular weight excluding hydrogens is 317 g/mol. The van der Waals surface area contributed by atoms with Crippen LogP contribution in [-0.4, -0.2) is 43.9 Å². The van der Waals surface area contributed by atoms with Gasteiger partial charge >= 0.3 is 0 Å². The number of nitrogens with zero attached hydrogens (tertiary/aromatic N) is 2. The lowest BCUT2D eigenvalue weighted by molar-refractivity contribution is -0.126. The van der Waals surface area contributed by atoms with Crippen LogP contribution in [0.2, 0.25) is 0 Å². The largest absolute Gasteiger partial charge is 0.350 e. The van der Waals surface area contributed by atoms with Crippen molar-refractivity contribution >= 4 is 5.91 Å². The minimum atomic E-state index is -0.665. The maximum Gasteiger partial charge on any atom is 0.242 e. The fraction of sp³-hybridized carbons (Fsp3) is 0.350. The molecular formula is C20H26FN3O. The number of nitrogens with one attached hydrogen (secondary N) is 1. The summed E-state index contributed by atoms with van der Waals surface area (Å²) in [5.41, 5.74) is 2.61. The van der Waals surface area contributed by atoms with Crippen LogP contribution in [-0.2, 0) is 17.9 Å². The maximum atomic E-state index is 14.1. The number of rotatable bonds is 7. The van der Waals surface area contributed by atoms with E-state index in [1.165, 1.54) is 11.6 Å². The lowest BCUT2D eigenvalue weighted by atomic mass is 10.0. The molecule has 1 unspecified atom stereocenters. The number of benzene rings is 2. The van der Waals surface area contributed by atoms with Crippen LogP contribution >= 0.6 is 0 Å². The van der Waals surface area contributed by atoms with Gasteiger partial charge in [-0.15, -0.1) is 0 Å². The van der Waals surface area contributed by atoms with Crippen molar-refractivity contribution in [1.29, 1.82) is 0 Å². The van der Waals surface area contributed by atoms with E-state index < -0.39 is 6.04 Å². The Kier molecular flexibility index (Phi) is 6.67. The Balaban J connectivity index is 2.14. The summed E-state index contributed by atoms with van der Waals surface area (Å²) in [7, 11) is 7.57. The zero-order valence-corrected chi connectivity index (χ0v) is 15.3. The fourth-order valence-corrected chi connectivity index (χ4v) is 2.85. The molecule has 2 aromatic carbocycles. The topological polar surface area (TPSA) is 35.6 Å². The summed E-state index contributed by atoms with van der Waals surface area (Å²) in [6.07, 6.45) is 0. The molecule has 1 atom stereocenters. The summed E-state index contributed by atoms with van der Waals surface area (Å²) < 4.78 is 14.1. The molecule has 4 nitrogen and oxygen atoms in total. The Hall–Kier alpha value is -2.24. The van der Waals surface area contributed by atoms with Crippen LogP contribution in [0.25, 0.3) is 0 Å². The van der Waals surface area contributed by atoms with Crippen molar-refractivity contribution in [2.45, 2.75) is 19.1 Å². The summed E-state index contributed by atoms with van der Waals surface area (Å²) in [5, 5.41) is 2.95. The Morgan fingerprint density at radius 3 is 2.20 bits per heavy atom. The van der Waals surface area contributed by atoms with Gasteiger partial charge in [0, 0.05) is 18.7 Å². The summed E-state index contributed by atoms with van der Waals surface area (Å²) >= 11 is 0. The van der Waals surface area contributed by atoms with Gasteiger partial charge in [-0.3, -0.25) is 9.69 Å². The highest BCUT2D eigenvalue weighted by molar-refractivity contribution is 5.83. The first-order valence-corrected chi connectivity index (χ1v) is 8.30. The summed E-state index contributed by atoms with van der Waals surface area (Å²) in [4.78, 5) is 16.5. The number of hydrogen-bond donors (Lipinski definition) is 1. The molecule has 0 spiro atoms. The molecule has 25 heavy (non-hydrogen) atoms. The van der Waals surface area contributed by atoms with E-state index in [1.807, 2.05) is 32.3 Å². The molecule has 0 saturated carbocycles. The lowest BCUT2D eigenvalue weighted by Crippen LogP contribution is -2.37. The van der Waals surface area contributed by atoms with Crippen molar-refractivity contribution < 1.29 is 9.18 Å². The van der Waals surface area contributed by atoms with Crippen LogP contribution in [0.3, 0.4) is 0 Å². The van der Waals surface area contributed by atoms with E-state index in [0.717, 1.165) is 12.1 Å². The number of halogens is 1. The lowest BCUT2D eigenvalue weighted by Gasteiger charge is -2.24. The summed E-state index contributed by atoms with van der Waals surface area (Å²) in [6, 6.07) is 13.8. The molecule has 0 aromatic heterocycles. The molecule has 1 N–H and O–H groups in total. The molecule has 0 radical (unpaired) electrons. The molecule has 0 fully saturated rings. The maximum absolute atomic E-state index is 14.1. The minimum absolute atomic E-state index is 0.213. The highest BCUT2D eigenvalue weighted by Gasteiger charge is 2.25. The van der Waals surface area contributed by atoms with E-state index in [2.05, 4.69) is 16.3 Å². The zero-order valence-electron chi connectivity index (χ0n) is 15.3. The SMILES string of the molecule is CN(C)Cc1ccccc1CNC(=O)C(c1ccccc1F)N(C)C. The van der Waals surface area contributed by atoms with Gasteiger partial charge in [0.1, 0.15) is 11.9 Å². The summed E-state index contributed by atoms with van der Waals surface area (Å²) in [6.45, 7) is 1.22. The molecule has 2 aromatic rings. The molecule has 2 rings (SSSR count). The predicted octanol–water partition coefficient (Wildman–Crippen LogP) is 2.81. The van der Waals surface area contributed by atoms with Crippen molar-refractivity contribution in [2.24, 2.45) is 0 Å². The van der Waals surface area contributed by atoms with E-state index in [9.17, 15) is 9.18 Å². The van der Waals surface area contributed by atoms with Crippen molar-refractivity contribution in [3.8, 4) is 0 Å². The highest BCUT2D eigenvalue weighted by Crippen LogP contribution is 2.21. The van der Waals surface area contributed by atoms with Crippen molar-refractivity contribution in [1.82, 2.24) is 15.1 Å². The van der Waals surface area contributed by atoms with Crippen LogP contribution in [0.4, 0.5) is 4.39 Å². The van der Waals surface area contributed by atoms with E-state index in [1.54, 1.807) is 37.2 Å². The first-order valence-electron chi connectivity index (χ1n) is 8.30. The van der Waals surface area contributed by atoms with Gasteiger partial charge in [-0.1, -0.05) is 42.5 Å². The third kappa shape index (κ3) is 5.11. The van der Waals surface area contributed by atoms with Crippen molar-refractivity contribution in [3.63, 3.8) is 0 Å². The molecule has 0 aliphatic carbocycles. The van der Waals surface area contributed by atoms with E-state index in [4.69, 9.17) is 0 Å². The third-order valence-electron chi connectivity index (χ3n) is 4.02. The first kappa shape index (κ1) is 19.1. The fourth-order valence-electron chi connectivity index (χ4n) is 2.85. The van der Waals surface area contributed by atoms with Crippen LogP contribution in [0, 0.1) is 5.82 Å². The second-order valence-corrected chi connectivity index (χ2v) is 6.61. The highest BCUT2D eigenvalue weighted by atomic mass is 19.1. The second-order valence-electron chi connectivity index (χ2n) is 6.61. The van der Waals surface area contributed by atoms with Gasteiger partial charge in [0.15, 0.2) is 0 Å². The van der Waals surface area contributed by atoms with E-state index in [-0.39, 0.29) is 11.7 Å². The van der Waals surface area contributed by atoms with Crippen LogP contribution < -0.4 is 5.32 Å². The Morgan fingerprint density at radius 1 is 1.00 bits per heavy atom. The van der Waals surface area contributed by atoms with Gasteiger partial charge < -0.3 is 10.2 Å². The number of carbonyl (C=O) groups is 1. The molecule has 0 aliphatic rings. The molecule has 5 heteroatoms. The zero-order chi connectivity index (χ0) is 18.4. The van der Waals surface area contributed by atoms with E-state index >= 15 is 0 Å². The second kappa shape index (κ2) is 8.74. The van der Waals surface area contributed by atoms with Crippen molar-refractivity contribution in [2.75, 3.05) is 28.2 Å². The van der Waals surface area contributed by atoms with Gasteiger partial charge in [0.25, 0.3) is 0 Å². The van der Waals surface area contributed by atoms with Crippen molar-refractivity contribution in [3.05, 3.63) is 71.0 Å². The van der Waals surface area contributed by atoms with Gasteiger partial charge in [0.2, 0.25) is 5.91 Å². The number of hydrogen-bond acceptors (Lipinski definition) is 3. The van der Waals surface area contributed by atoms with Gasteiger partial charge in [-0.05, 0) is 45.4 Å². The average molecular weight is 343 g/mol. The van der Waals surface area contributed by atoms with E-state index in [0.29, 0.717) is 12.1 Å². The van der Waals surface area contributed by atoms with Gasteiger partial charge in [-0.2, -0.15) is 0 Å². The smallest absolute Gasteiger partial charge is 0.242 e. The molecule has 0 bridgehead atoms. The minimum Gasteiger partial charge on any atom is -0.350 e. The molecule has 134 valence electrons. The van der Waals surface area contributed by atoms with Gasteiger partial charge in [-0.25, -0.2) is 4.39 Å². The average Bonchev–Trinajstić information content (AvgIpc) is 2.55. The quantitative estimate of drug-likeness (QED) is 0.840.